The van der Waals surface area contributed by atoms with Crippen molar-refractivity contribution in [3.8, 4) is 5.75 Å². The van der Waals surface area contributed by atoms with Gasteiger partial charge in [-0.05, 0) is 25.0 Å². The summed E-state index contributed by atoms with van der Waals surface area (Å²) in [4.78, 5) is 23.5. The molecule has 19 heavy (non-hydrogen) atoms. The lowest BCUT2D eigenvalue weighted by Crippen LogP contribution is -2.44. The van der Waals surface area contributed by atoms with Gasteiger partial charge in [0.2, 0.25) is 0 Å². The molecule has 1 saturated heterocycles. The molecule has 0 aliphatic carbocycles. The lowest BCUT2D eigenvalue weighted by atomic mass is 9.99. The Balaban J connectivity index is 1.84. The molecular formula is C14H17NO4. The maximum atomic E-state index is 11.4. The van der Waals surface area contributed by atoms with Crippen molar-refractivity contribution in [2.75, 3.05) is 19.7 Å². The summed E-state index contributed by atoms with van der Waals surface area (Å²) in [5, 5.41) is 8.71. The van der Waals surface area contributed by atoms with Gasteiger partial charge in [0.1, 0.15) is 5.75 Å². The van der Waals surface area contributed by atoms with Crippen LogP contribution in [0.4, 0.5) is 0 Å². The Morgan fingerprint density at radius 3 is 2.74 bits per heavy atom. The number of aliphatic carboxylic acids is 1. The molecule has 0 spiro atoms. The van der Waals surface area contributed by atoms with Gasteiger partial charge in [-0.3, -0.25) is 4.79 Å². The molecule has 5 heteroatoms. The topological polar surface area (TPSA) is 66.8 Å². The third kappa shape index (κ3) is 3.71. The molecule has 1 aromatic rings. The summed E-state index contributed by atoms with van der Waals surface area (Å²) < 4.78 is 5.65. The minimum atomic E-state index is -1.38. The van der Waals surface area contributed by atoms with E-state index in [0.29, 0.717) is 19.7 Å². The summed E-state index contributed by atoms with van der Waals surface area (Å²) in [7, 11) is 0. The predicted molar refractivity (Wildman–Crippen MR) is 68.9 cm³/mol. The molecule has 1 aliphatic rings. The number of ether oxygens (including phenoxy) is 1. The highest BCUT2D eigenvalue weighted by atomic mass is 16.5. The van der Waals surface area contributed by atoms with E-state index in [9.17, 15) is 9.59 Å². The summed E-state index contributed by atoms with van der Waals surface area (Å²) in [6, 6.07) is 9.47. The number of carbonyl (C=O) groups excluding carboxylic acids is 1. The minimum Gasteiger partial charge on any atom is -0.493 e. The first kappa shape index (κ1) is 13.4. The van der Waals surface area contributed by atoms with Crippen LogP contribution in [-0.2, 0) is 9.59 Å². The van der Waals surface area contributed by atoms with E-state index < -0.39 is 11.9 Å². The van der Waals surface area contributed by atoms with E-state index in [0.717, 1.165) is 18.6 Å². The van der Waals surface area contributed by atoms with Crippen LogP contribution in [-0.4, -0.2) is 41.6 Å². The molecule has 1 unspecified atom stereocenters. The van der Waals surface area contributed by atoms with Gasteiger partial charge in [0.15, 0.2) is 0 Å². The van der Waals surface area contributed by atoms with Gasteiger partial charge in [-0.1, -0.05) is 18.2 Å². The smallest absolute Gasteiger partial charge is 0.394 e. The Bertz CT molecular complexity index is 446. The van der Waals surface area contributed by atoms with E-state index in [2.05, 4.69) is 0 Å². The van der Waals surface area contributed by atoms with Crippen LogP contribution in [0.25, 0.3) is 0 Å². The molecular weight excluding hydrogens is 246 g/mol. The number of benzene rings is 1. The van der Waals surface area contributed by atoms with Crippen LogP contribution in [0.15, 0.2) is 30.3 Å². The zero-order valence-electron chi connectivity index (χ0n) is 10.6. The predicted octanol–water partition coefficient (Wildman–Crippen LogP) is 1.39. The molecule has 0 bridgehead atoms. The van der Waals surface area contributed by atoms with Gasteiger partial charge >= 0.3 is 11.9 Å². The third-order valence-electron chi connectivity index (χ3n) is 3.22. The molecule has 2 rings (SSSR count). The second-order valence-electron chi connectivity index (χ2n) is 4.69. The highest BCUT2D eigenvalue weighted by Gasteiger charge is 2.27. The van der Waals surface area contributed by atoms with Crippen molar-refractivity contribution < 1.29 is 19.4 Å². The fourth-order valence-electron chi connectivity index (χ4n) is 2.25. The fourth-order valence-corrected chi connectivity index (χ4v) is 2.25. The molecule has 1 aromatic carbocycles. The number of amides is 1. The number of carboxylic acids is 1. The van der Waals surface area contributed by atoms with E-state index >= 15 is 0 Å². The van der Waals surface area contributed by atoms with Gasteiger partial charge in [0, 0.05) is 19.0 Å². The van der Waals surface area contributed by atoms with Crippen molar-refractivity contribution in [1.82, 2.24) is 4.90 Å². The van der Waals surface area contributed by atoms with Gasteiger partial charge in [-0.25, -0.2) is 4.79 Å². The van der Waals surface area contributed by atoms with Gasteiger partial charge in [0.25, 0.3) is 0 Å². The quantitative estimate of drug-likeness (QED) is 0.837. The number of rotatable bonds is 3. The molecule has 0 radical (unpaired) electrons. The average molecular weight is 263 g/mol. The van der Waals surface area contributed by atoms with Crippen LogP contribution in [0, 0.1) is 5.92 Å². The largest absolute Gasteiger partial charge is 0.493 e. The normalized spacial score (nSPS) is 18.9. The van der Waals surface area contributed by atoms with Crippen LogP contribution >= 0.6 is 0 Å². The molecule has 0 aromatic heterocycles. The van der Waals surface area contributed by atoms with Crippen molar-refractivity contribution in [1.29, 1.82) is 0 Å². The fraction of sp³-hybridized carbons (Fsp3) is 0.429. The molecule has 1 atom stereocenters. The van der Waals surface area contributed by atoms with Crippen LogP contribution in [0.2, 0.25) is 0 Å². The minimum absolute atomic E-state index is 0.192. The first-order valence-corrected chi connectivity index (χ1v) is 6.37. The molecule has 102 valence electrons. The van der Waals surface area contributed by atoms with Crippen molar-refractivity contribution in [3.63, 3.8) is 0 Å². The number of para-hydroxylation sites is 1. The average Bonchev–Trinajstić information content (AvgIpc) is 2.45. The Kier molecular flexibility index (Phi) is 4.39. The summed E-state index contributed by atoms with van der Waals surface area (Å²) in [6.45, 7) is 1.48. The third-order valence-corrected chi connectivity index (χ3v) is 3.22. The standard InChI is InChI=1S/C14H17NO4/c16-13(14(17)18)15-8-4-5-11(9-15)10-19-12-6-2-1-3-7-12/h1-3,6-7,11H,4-5,8-10H2,(H,17,18). The van der Waals surface area contributed by atoms with E-state index in [1.54, 1.807) is 0 Å². The van der Waals surface area contributed by atoms with Crippen molar-refractivity contribution in [3.05, 3.63) is 30.3 Å². The van der Waals surface area contributed by atoms with Gasteiger partial charge < -0.3 is 14.7 Å². The van der Waals surface area contributed by atoms with Crippen LogP contribution in [0.3, 0.4) is 0 Å². The molecule has 1 aliphatic heterocycles. The molecule has 0 saturated carbocycles. The highest BCUT2D eigenvalue weighted by Crippen LogP contribution is 2.18. The van der Waals surface area contributed by atoms with Gasteiger partial charge in [-0.2, -0.15) is 0 Å². The number of likely N-dealkylation sites (tertiary alicyclic amines) is 1. The van der Waals surface area contributed by atoms with Crippen molar-refractivity contribution >= 4 is 11.9 Å². The number of carboxylic acid groups (broad SMARTS) is 1. The van der Waals surface area contributed by atoms with Gasteiger partial charge in [0.05, 0.1) is 6.61 Å². The number of hydrogen-bond acceptors (Lipinski definition) is 3. The van der Waals surface area contributed by atoms with Crippen molar-refractivity contribution in [2.24, 2.45) is 5.92 Å². The SMILES string of the molecule is O=C(O)C(=O)N1CCCC(COc2ccccc2)C1. The Labute approximate surface area is 111 Å². The van der Waals surface area contributed by atoms with Crippen molar-refractivity contribution in [2.45, 2.75) is 12.8 Å². The Morgan fingerprint density at radius 1 is 1.32 bits per heavy atom. The van der Waals surface area contributed by atoms with Crippen LogP contribution in [0.5, 0.6) is 5.75 Å². The van der Waals surface area contributed by atoms with Crippen LogP contribution in [0.1, 0.15) is 12.8 Å². The molecule has 1 fully saturated rings. The summed E-state index contributed by atoms with van der Waals surface area (Å²) >= 11 is 0. The summed E-state index contributed by atoms with van der Waals surface area (Å²) in [5.41, 5.74) is 0. The second kappa shape index (κ2) is 6.22. The summed E-state index contributed by atoms with van der Waals surface area (Å²) in [6.07, 6.45) is 1.78. The van der Waals surface area contributed by atoms with E-state index in [1.165, 1.54) is 4.90 Å². The molecule has 1 amide bonds. The molecule has 5 nitrogen and oxygen atoms in total. The molecule has 1 N–H and O–H groups in total. The number of piperidine rings is 1. The number of hydrogen-bond donors (Lipinski definition) is 1. The number of carbonyl (C=O) groups is 2. The van der Waals surface area contributed by atoms with E-state index in [1.807, 2.05) is 30.3 Å². The van der Waals surface area contributed by atoms with E-state index in [-0.39, 0.29) is 5.92 Å². The number of nitrogens with zero attached hydrogens (tertiary/aromatic N) is 1. The zero-order valence-corrected chi connectivity index (χ0v) is 10.6. The first-order valence-electron chi connectivity index (χ1n) is 6.37. The second-order valence-corrected chi connectivity index (χ2v) is 4.69. The lowest BCUT2D eigenvalue weighted by molar-refractivity contribution is -0.157. The molecule has 1 heterocycles. The zero-order chi connectivity index (χ0) is 13.7. The van der Waals surface area contributed by atoms with Gasteiger partial charge in [-0.15, -0.1) is 0 Å². The maximum Gasteiger partial charge on any atom is 0.394 e. The first-order chi connectivity index (χ1) is 9.16. The Morgan fingerprint density at radius 2 is 2.05 bits per heavy atom. The maximum absolute atomic E-state index is 11.4. The van der Waals surface area contributed by atoms with Crippen LogP contribution < -0.4 is 4.74 Å². The Hall–Kier alpha value is -2.04. The highest BCUT2D eigenvalue weighted by molar-refractivity contribution is 6.31. The monoisotopic (exact) mass is 263 g/mol. The van der Waals surface area contributed by atoms with E-state index in [4.69, 9.17) is 9.84 Å². The summed E-state index contributed by atoms with van der Waals surface area (Å²) in [5.74, 6) is -1.21. The lowest BCUT2D eigenvalue weighted by Gasteiger charge is -2.31.